The lowest BCUT2D eigenvalue weighted by molar-refractivity contribution is -0.141. The van der Waals surface area contributed by atoms with E-state index in [1.54, 1.807) is 56.1 Å². The quantitative estimate of drug-likeness (QED) is 0.364. The van der Waals surface area contributed by atoms with Crippen LogP contribution in [-0.4, -0.2) is 72.8 Å². The van der Waals surface area contributed by atoms with Crippen molar-refractivity contribution in [2.24, 2.45) is 0 Å². The van der Waals surface area contributed by atoms with Crippen LogP contribution in [0, 0.1) is 0 Å². The molecule has 212 valence electrons. The normalized spacial score (nSPS) is 14.2. The molecule has 1 aromatic heterocycles. The fourth-order valence-corrected chi connectivity index (χ4v) is 4.54. The van der Waals surface area contributed by atoms with Crippen molar-refractivity contribution >= 4 is 23.8 Å². The van der Waals surface area contributed by atoms with Crippen LogP contribution in [0.4, 0.5) is 15.3 Å². The van der Waals surface area contributed by atoms with Crippen molar-refractivity contribution in [2.75, 3.05) is 39.3 Å². The lowest BCUT2D eigenvalue weighted by Gasteiger charge is -2.28. The first kappa shape index (κ1) is 28.5. The number of amides is 2. The van der Waals surface area contributed by atoms with Crippen LogP contribution in [0.2, 0.25) is 0 Å². The minimum absolute atomic E-state index is 0.00709. The second-order valence-corrected chi connectivity index (χ2v) is 10.2. The molecule has 3 aromatic rings. The van der Waals surface area contributed by atoms with Crippen LogP contribution in [0.1, 0.15) is 38.8 Å². The fraction of sp³-hybridized carbons (Fsp3) is 0.379. The Bertz CT molecular complexity index is 1400. The van der Waals surface area contributed by atoms with E-state index in [0.29, 0.717) is 41.4 Å². The van der Waals surface area contributed by atoms with Gasteiger partial charge in [-0.15, -0.1) is 0 Å². The number of nitrogens with zero attached hydrogens (tertiary/aromatic N) is 4. The van der Waals surface area contributed by atoms with Crippen LogP contribution in [-0.2, 0) is 14.3 Å². The lowest BCUT2D eigenvalue weighted by atomic mass is 10.0. The zero-order valence-corrected chi connectivity index (χ0v) is 23.5. The average molecular weight is 551 g/mol. The van der Waals surface area contributed by atoms with Crippen molar-refractivity contribution in [2.45, 2.75) is 38.8 Å². The summed E-state index contributed by atoms with van der Waals surface area (Å²) in [4.78, 5) is 41.6. The van der Waals surface area contributed by atoms with E-state index in [0.717, 1.165) is 10.2 Å². The number of rotatable bonds is 8. The van der Waals surface area contributed by atoms with Gasteiger partial charge in [0.25, 0.3) is 0 Å². The summed E-state index contributed by atoms with van der Waals surface area (Å²) in [6.07, 6.45) is 2.54. The van der Waals surface area contributed by atoms with Gasteiger partial charge in [-0.3, -0.25) is 9.69 Å². The van der Waals surface area contributed by atoms with Gasteiger partial charge in [0.05, 0.1) is 40.0 Å². The summed E-state index contributed by atoms with van der Waals surface area (Å²) in [5.74, 6) is 0.717. The maximum Gasteiger partial charge on any atom is 0.435 e. The Morgan fingerprint density at radius 2 is 1.80 bits per heavy atom. The third-order valence-electron chi connectivity index (χ3n) is 6.45. The topological polar surface area (TPSA) is 112 Å². The van der Waals surface area contributed by atoms with Crippen molar-refractivity contribution in [3.63, 3.8) is 0 Å². The number of carbonyl (C=O) groups is 3. The number of urea groups is 1. The molecule has 1 saturated heterocycles. The van der Waals surface area contributed by atoms with Gasteiger partial charge in [-0.1, -0.05) is 12.1 Å². The molecule has 2 aromatic carbocycles. The number of anilines is 1. The van der Waals surface area contributed by atoms with Crippen LogP contribution in [0.25, 0.3) is 11.1 Å². The third kappa shape index (κ3) is 6.19. The molecule has 40 heavy (non-hydrogen) atoms. The fourth-order valence-electron chi connectivity index (χ4n) is 4.54. The Balaban J connectivity index is 1.58. The highest BCUT2D eigenvalue weighted by atomic mass is 16.6. The maximum atomic E-state index is 13.7. The average Bonchev–Trinajstić information content (AvgIpc) is 3.57. The van der Waals surface area contributed by atoms with Gasteiger partial charge in [-0.05, 0) is 50.6 Å². The van der Waals surface area contributed by atoms with Crippen LogP contribution in [0.5, 0.6) is 11.5 Å². The number of benzene rings is 2. The molecule has 1 aliphatic rings. The molecule has 1 unspecified atom stereocenters. The molecule has 11 heteroatoms. The van der Waals surface area contributed by atoms with E-state index in [9.17, 15) is 14.4 Å². The number of hydrogen-bond acceptors (Lipinski definition) is 8. The van der Waals surface area contributed by atoms with E-state index < -0.39 is 23.7 Å². The number of methoxy groups -OCH3 is 3. The van der Waals surface area contributed by atoms with Crippen LogP contribution in [0.3, 0.4) is 0 Å². The van der Waals surface area contributed by atoms with E-state index >= 15 is 0 Å². The van der Waals surface area contributed by atoms with Gasteiger partial charge in [0, 0.05) is 42.2 Å². The number of aromatic nitrogens is 2. The largest absolute Gasteiger partial charge is 0.497 e. The zero-order valence-electron chi connectivity index (χ0n) is 23.5. The number of carbonyl (C=O) groups excluding carboxylic acids is 3. The van der Waals surface area contributed by atoms with Gasteiger partial charge in [0.15, 0.2) is 0 Å². The molecule has 2 heterocycles. The predicted molar refractivity (Wildman–Crippen MR) is 148 cm³/mol. The molecule has 11 nitrogen and oxygen atoms in total. The van der Waals surface area contributed by atoms with Gasteiger partial charge in [0.1, 0.15) is 17.1 Å². The Labute approximate surface area is 233 Å². The highest BCUT2D eigenvalue weighted by molar-refractivity contribution is 5.95. The van der Waals surface area contributed by atoms with Crippen molar-refractivity contribution < 1.29 is 33.3 Å². The molecule has 0 saturated carbocycles. The van der Waals surface area contributed by atoms with Crippen molar-refractivity contribution in [1.82, 2.24) is 14.7 Å². The highest BCUT2D eigenvalue weighted by Gasteiger charge is 2.37. The summed E-state index contributed by atoms with van der Waals surface area (Å²) in [5.41, 5.74) is 2.11. The second-order valence-electron chi connectivity index (χ2n) is 10.2. The Morgan fingerprint density at radius 3 is 2.48 bits per heavy atom. The summed E-state index contributed by atoms with van der Waals surface area (Å²) in [5, 5.41) is 4.13. The molecule has 0 radical (unpaired) electrons. The van der Waals surface area contributed by atoms with E-state index in [4.69, 9.17) is 18.9 Å². The predicted octanol–water partition coefficient (Wildman–Crippen LogP) is 4.90. The molecule has 1 fully saturated rings. The molecule has 1 aliphatic heterocycles. The van der Waals surface area contributed by atoms with Gasteiger partial charge < -0.3 is 23.8 Å². The van der Waals surface area contributed by atoms with Crippen molar-refractivity contribution in [3.05, 3.63) is 60.4 Å². The third-order valence-corrected chi connectivity index (χ3v) is 6.45. The molecule has 0 bridgehead atoms. The minimum Gasteiger partial charge on any atom is -0.497 e. The van der Waals surface area contributed by atoms with E-state index in [2.05, 4.69) is 5.10 Å². The highest BCUT2D eigenvalue weighted by Crippen LogP contribution is 2.37. The second kappa shape index (κ2) is 11.7. The summed E-state index contributed by atoms with van der Waals surface area (Å²) < 4.78 is 22.4. The van der Waals surface area contributed by atoms with Gasteiger partial charge in [-0.2, -0.15) is 9.78 Å². The SMILES string of the molecule is COC(=O)CC(c1cccc(OC)c1)N1CCN(c2ccc(-c3cnn(C(=O)OC(C)(C)C)c3)c(OC)c2)C1=O. The lowest BCUT2D eigenvalue weighted by Crippen LogP contribution is -2.36. The molecule has 0 aliphatic carbocycles. The van der Waals surface area contributed by atoms with Crippen molar-refractivity contribution in [3.8, 4) is 22.6 Å². The van der Waals surface area contributed by atoms with E-state index in [1.165, 1.54) is 14.2 Å². The van der Waals surface area contributed by atoms with Crippen molar-refractivity contribution in [1.29, 1.82) is 0 Å². The summed E-state index contributed by atoms with van der Waals surface area (Å²) in [6.45, 7) is 6.18. The number of hydrogen-bond donors (Lipinski definition) is 0. The summed E-state index contributed by atoms with van der Waals surface area (Å²) >= 11 is 0. The van der Waals surface area contributed by atoms with Crippen LogP contribution < -0.4 is 14.4 Å². The first-order chi connectivity index (χ1) is 19.0. The van der Waals surface area contributed by atoms with Gasteiger partial charge in [0.2, 0.25) is 0 Å². The monoisotopic (exact) mass is 550 g/mol. The molecule has 0 N–H and O–H groups in total. The molecule has 4 rings (SSSR count). The molecular weight excluding hydrogens is 516 g/mol. The maximum absolute atomic E-state index is 13.7. The van der Waals surface area contributed by atoms with E-state index in [1.807, 2.05) is 36.4 Å². The Kier molecular flexibility index (Phi) is 8.32. The first-order valence-corrected chi connectivity index (χ1v) is 12.8. The summed E-state index contributed by atoms with van der Waals surface area (Å²) in [7, 11) is 4.43. The molecular formula is C29H34N4O7. The molecule has 1 atom stereocenters. The smallest absolute Gasteiger partial charge is 0.435 e. The van der Waals surface area contributed by atoms with E-state index in [-0.39, 0.29) is 12.5 Å². The zero-order chi connectivity index (χ0) is 29.0. The summed E-state index contributed by atoms with van der Waals surface area (Å²) in [6, 6.07) is 11.9. The van der Waals surface area contributed by atoms with Gasteiger partial charge >= 0.3 is 18.1 Å². The standard InChI is InChI=1S/C29H34N4O7/c1-29(2,3)40-28(36)33-18-20(17-30-33)23-11-10-21(15-25(23)38-5)31-12-13-32(27(31)35)24(16-26(34)39-6)19-8-7-9-22(14-19)37-4/h7-11,14-15,17-18,24H,12-13,16H2,1-6H3. The minimum atomic E-state index is -0.652. The Hall–Kier alpha value is -4.54. The van der Waals surface area contributed by atoms with Gasteiger partial charge in [-0.25, -0.2) is 9.59 Å². The number of ether oxygens (including phenoxy) is 4. The number of esters is 1. The Morgan fingerprint density at radius 1 is 1.02 bits per heavy atom. The molecule has 0 spiro atoms. The van der Waals surface area contributed by atoms with Crippen LogP contribution in [0.15, 0.2) is 54.9 Å². The molecule has 2 amide bonds. The van der Waals surface area contributed by atoms with Crippen LogP contribution >= 0.6 is 0 Å². The first-order valence-electron chi connectivity index (χ1n) is 12.8.